The van der Waals surface area contributed by atoms with E-state index in [0.717, 1.165) is 30.6 Å². The van der Waals surface area contributed by atoms with Gasteiger partial charge in [-0.1, -0.05) is 12.1 Å². The van der Waals surface area contributed by atoms with Gasteiger partial charge in [0.2, 0.25) is 0 Å². The van der Waals surface area contributed by atoms with E-state index in [1.54, 1.807) is 7.11 Å². The molecule has 0 N–H and O–H groups in total. The lowest BCUT2D eigenvalue weighted by Gasteiger charge is -2.22. The van der Waals surface area contributed by atoms with E-state index >= 15 is 0 Å². The van der Waals surface area contributed by atoms with Gasteiger partial charge in [-0.15, -0.1) is 0 Å². The van der Waals surface area contributed by atoms with E-state index in [1.165, 1.54) is 0 Å². The third-order valence-electron chi connectivity index (χ3n) is 3.42. The van der Waals surface area contributed by atoms with Gasteiger partial charge in [0.15, 0.2) is 0 Å². The Morgan fingerprint density at radius 3 is 2.40 bits per heavy atom. The zero-order valence-corrected chi connectivity index (χ0v) is 9.25. The zero-order chi connectivity index (χ0) is 10.9. The maximum absolute atomic E-state index is 11.8. The number of carbonyl (C=O) groups is 1. The van der Waals surface area contributed by atoms with Gasteiger partial charge in [0.05, 0.1) is 12.5 Å². The van der Waals surface area contributed by atoms with Crippen molar-refractivity contribution in [1.82, 2.24) is 0 Å². The van der Waals surface area contributed by atoms with Gasteiger partial charge in [-0.25, -0.2) is 0 Å². The van der Waals surface area contributed by atoms with E-state index in [1.807, 2.05) is 31.2 Å². The average molecular weight is 204 g/mol. The summed E-state index contributed by atoms with van der Waals surface area (Å²) >= 11 is 0. The number of ketones is 1. The second-order valence-corrected chi connectivity index (χ2v) is 4.34. The monoisotopic (exact) mass is 204 g/mol. The summed E-state index contributed by atoms with van der Waals surface area (Å²) in [4.78, 5) is 11.8. The van der Waals surface area contributed by atoms with Crippen LogP contribution in [0.3, 0.4) is 0 Å². The number of Topliss-reactive ketones (excluding diaryl/α,β-unsaturated/α-hetero) is 1. The largest absolute Gasteiger partial charge is 0.497 e. The fourth-order valence-corrected chi connectivity index (χ4v) is 2.28. The van der Waals surface area contributed by atoms with Gasteiger partial charge in [-0.2, -0.15) is 0 Å². The third kappa shape index (κ3) is 1.65. The molecule has 80 valence electrons. The summed E-state index contributed by atoms with van der Waals surface area (Å²) in [6.07, 6.45) is 2.71. The number of hydrogen-bond donors (Lipinski definition) is 0. The summed E-state index contributed by atoms with van der Waals surface area (Å²) in [6.45, 7) is 2.05. The summed E-state index contributed by atoms with van der Waals surface area (Å²) in [7, 11) is 1.65. The summed E-state index contributed by atoms with van der Waals surface area (Å²) in [6, 6.07) is 7.85. The van der Waals surface area contributed by atoms with Gasteiger partial charge in [0, 0.05) is 6.42 Å². The minimum atomic E-state index is -0.258. The van der Waals surface area contributed by atoms with E-state index in [-0.39, 0.29) is 5.41 Å². The molecular formula is C13H16O2. The highest BCUT2D eigenvalue weighted by atomic mass is 16.5. The molecule has 0 bridgehead atoms. The second-order valence-electron chi connectivity index (χ2n) is 4.34. The summed E-state index contributed by atoms with van der Waals surface area (Å²) in [5.41, 5.74) is 0.859. The van der Waals surface area contributed by atoms with Crippen LogP contribution in [-0.2, 0) is 10.2 Å². The molecule has 2 heteroatoms. The van der Waals surface area contributed by atoms with Crippen LogP contribution < -0.4 is 4.74 Å². The van der Waals surface area contributed by atoms with Crippen molar-refractivity contribution in [2.45, 2.75) is 31.6 Å². The summed E-state index contributed by atoms with van der Waals surface area (Å²) < 4.78 is 5.11. The normalized spacial score (nSPS) is 25.6. The SMILES string of the molecule is COc1ccc([C@]2(C)CCCC2=O)cc1. The predicted octanol–water partition coefficient (Wildman–Crippen LogP) is 2.71. The van der Waals surface area contributed by atoms with Gasteiger partial charge in [0.1, 0.15) is 11.5 Å². The van der Waals surface area contributed by atoms with Crippen molar-refractivity contribution in [2.24, 2.45) is 0 Å². The van der Waals surface area contributed by atoms with Crippen LogP contribution in [0.5, 0.6) is 5.75 Å². The molecule has 0 spiro atoms. The van der Waals surface area contributed by atoms with E-state index in [2.05, 4.69) is 0 Å². The molecule has 0 unspecified atom stereocenters. The highest BCUT2D eigenvalue weighted by Crippen LogP contribution is 2.38. The van der Waals surface area contributed by atoms with Gasteiger partial charge < -0.3 is 4.74 Å². The van der Waals surface area contributed by atoms with E-state index in [9.17, 15) is 4.79 Å². The lowest BCUT2D eigenvalue weighted by molar-refractivity contribution is -0.121. The van der Waals surface area contributed by atoms with Crippen LogP contribution in [0.15, 0.2) is 24.3 Å². The Bertz CT molecular complexity index is 367. The Balaban J connectivity index is 2.32. The Morgan fingerprint density at radius 2 is 1.93 bits per heavy atom. The first-order valence-corrected chi connectivity index (χ1v) is 5.34. The van der Waals surface area contributed by atoms with Gasteiger partial charge in [-0.05, 0) is 37.5 Å². The Kier molecular flexibility index (Phi) is 2.51. The van der Waals surface area contributed by atoms with Gasteiger partial charge in [0.25, 0.3) is 0 Å². The molecule has 1 aromatic carbocycles. The van der Waals surface area contributed by atoms with Crippen LogP contribution in [0.2, 0.25) is 0 Å². The number of methoxy groups -OCH3 is 1. The predicted molar refractivity (Wildman–Crippen MR) is 59.2 cm³/mol. The Labute approximate surface area is 90.3 Å². The molecule has 15 heavy (non-hydrogen) atoms. The van der Waals surface area contributed by atoms with Crippen molar-refractivity contribution >= 4 is 5.78 Å². The van der Waals surface area contributed by atoms with Crippen LogP contribution in [0, 0.1) is 0 Å². The second kappa shape index (κ2) is 3.69. The van der Waals surface area contributed by atoms with Crippen molar-refractivity contribution in [1.29, 1.82) is 0 Å². The highest BCUT2D eigenvalue weighted by molar-refractivity contribution is 5.91. The molecule has 0 aromatic heterocycles. The van der Waals surface area contributed by atoms with Crippen molar-refractivity contribution in [3.63, 3.8) is 0 Å². The van der Waals surface area contributed by atoms with Crippen LogP contribution >= 0.6 is 0 Å². The number of rotatable bonds is 2. The van der Waals surface area contributed by atoms with Crippen molar-refractivity contribution in [3.05, 3.63) is 29.8 Å². The molecule has 1 saturated carbocycles. The number of ether oxygens (including phenoxy) is 1. The summed E-state index contributed by atoms with van der Waals surface area (Å²) in [5.74, 6) is 1.21. The van der Waals surface area contributed by atoms with Gasteiger partial charge >= 0.3 is 0 Å². The number of hydrogen-bond acceptors (Lipinski definition) is 2. The van der Waals surface area contributed by atoms with Crippen LogP contribution in [-0.4, -0.2) is 12.9 Å². The molecule has 1 aliphatic carbocycles. The molecule has 1 atom stereocenters. The van der Waals surface area contributed by atoms with Crippen molar-refractivity contribution in [3.8, 4) is 5.75 Å². The topological polar surface area (TPSA) is 26.3 Å². The standard InChI is InChI=1S/C13H16O2/c1-13(9-3-4-12(13)14)10-5-7-11(15-2)8-6-10/h5-8H,3-4,9H2,1-2H3/t13-/m0/s1. The van der Waals surface area contributed by atoms with E-state index in [0.29, 0.717) is 5.78 Å². The maximum atomic E-state index is 11.8. The first-order valence-electron chi connectivity index (χ1n) is 5.34. The fourth-order valence-electron chi connectivity index (χ4n) is 2.28. The lowest BCUT2D eigenvalue weighted by atomic mass is 9.80. The molecule has 2 nitrogen and oxygen atoms in total. The molecule has 1 aromatic rings. The van der Waals surface area contributed by atoms with Gasteiger partial charge in [-0.3, -0.25) is 4.79 Å². The zero-order valence-electron chi connectivity index (χ0n) is 9.25. The summed E-state index contributed by atoms with van der Waals surface area (Å²) in [5, 5.41) is 0. The molecule has 1 aliphatic rings. The van der Waals surface area contributed by atoms with Crippen molar-refractivity contribution in [2.75, 3.05) is 7.11 Å². The maximum Gasteiger partial charge on any atom is 0.143 e. The smallest absolute Gasteiger partial charge is 0.143 e. The fraction of sp³-hybridized carbons (Fsp3) is 0.462. The van der Waals surface area contributed by atoms with Crippen molar-refractivity contribution < 1.29 is 9.53 Å². The molecule has 1 fully saturated rings. The molecule has 0 amide bonds. The quantitative estimate of drug-likeness (QED) is 0.740. The van der Waals surface area contributed by atoms with E-state index in [4.69, 9.17) is 4.74 Å². The lowest BCUT2D eigenvalue weighted by Crippen LogP contribution is -2.26. The molecule has 0 heterocycles. The number of carbonyl (C=O) groups excluding carboxylic acids is 1. The minimum Gasteiger partial charge on any atom is -0.497 e. The van der Waals surface area contributed by atoms with Crippen LogP contribution in [0.4, 0.5) is 0 Å². The molecule has 0 radical (unpaired) electrons. The third-order valence-corrected chi connectivity index (χ3v) is 3.42. The Morgan fingerprint density at radius 1 is 1.27 bits per heavy atom. The first kappa shape index (κ1) is 10.2. The highest BCUT2D eigenvalue weighted by Gasteiger charge is 2.38. The molecule has 2 rings (SSSR count). The molecular weight excluding hydrogens is 188 g/mol. The molecule has 0 aliphatic heterocycles. The van der Waals surface area contributed by atoms with Crippen LogP contribution in [0.1, 0.15) is 31.7 Å². The van der Waals surface area contributed by atoms with E-state index < -0.39 is 0 Å². The minimum absolute atomic E-state index is 0.258. The average Bonchev–Trinajstić information content (AvgIpc) is 2.61. The van der Waals surface area contributed by atoms with Crippen LogP contribution in [0.25, 0.3) is 0 Å². The molecule has 0 saturated heterocycles. The Hall–Kier alpha value is -1.31. The first-order chi connectivity index (χ1) is 7.16. The number of benzene rings is 1.